The number of rotatable bonds is 6. The number of amides is 1. The highest BCUT2D eigenvalue weighted by Gasteiger charge is 2.09. The fraction of sp³-hybridized carbons (Fsp3) is 0.571. The normalized spacial score (nSPS) is 10.5. The van der Waals surface area contributed by atoms with Gasteiger partial charge in [-0.05, 0) is 18.1 Å². The molecule has 0 radical (unpaired) electrons. The Labute approximate surface area is 109 Å². The van der Waals surface area contributed by atoms with Crippen molar-refractivity contribution in [3.8, 4) is 0 Å². The Morgan fingerprint density at radius 2 is 2.00 bits per heavy atom. The lowest BCUT2D eigenvalue weighted by molar-refractivity contribution is 0.0946. The van der Waals surface area contributed by atoms with Gasteiger partial charge in [0.25, 0.3) is 5.91 Å². The first-order chi connectivity index (χ1) is 8.58. The van der Waals surface area contributed by atoms with E-state index in [4.69, 9.17) is 0 Å². The van der Waals surface area contributed by atoms with E-state index in [0.29, 0.717) is 11.5 Å². The van der Waals surface area contributed by atoms with Crippen molar-refractivity contribution in [2.75, 3.05) is 25.5 Å². The van der Waals surface area contributed by atoms with Gasteiger partial charge in [-0.15, -0.1) is 0 Å². The van der Waals surface area contributed by atoms with Crippen LogP contribution in [0, 0.1) is 5.92 Å². The quantitative estimate of drug-likeness (QED) is 0.841. The number of pyridine rings is 1. The molecule has 1 N–H and O–H groups in total. The van der Waals surface area contributed by atoms with Crippen LogP contribution in [0.3, 0.4) is 0 Å². The Hall–Kier alpha value is -1.58. The van der Waals surface area contributed by atoms with Gasteiger partial charge in [-0.1, -0.05) is 26.7 Å². The Bertz CT molecular complexity index is 369. The summed E-state index contributed by atoms with van der Waals surface area (Å²) in [5.41, 5.74) is 0.617. The Morgan fingerprint density at radius 3 is 2.44 bits per heavy atom. The second-order valence-electron chi connectivity index (χ2n) is 4.69. The molecule has 1 heterocycles. The van der Waals surface area contributed by atoms with Gasteiger partial charge in [-0.3, -0.25) is 4.79 Å². The van der Waals surface area contributed by atoms with E-state index in [1.807, 2.05) is 31.1 Å². The lowest BCUT2D eigenvalue weighted by Gasteiger charge is -2.14. The van der Waals surface area contributed by atoms with Crippen LogP contribution in [0.2, 0.25) is 0 Å². The molecule has 0 aliphatic rings. The van der Waals surface area contributed by atoms with Crippen LogP contribution in [0.1, 0.15) is 37.0 Å². The van der Waals surface area contributed by atoms with Crippen LogP contribution in [0.15, 0.2) is 18.3 Å². The third kappa shape index (κ3) is 4.02. The van der Waals surface area contributed by atoms with Crippen molar-refractivity contribution >= 4 is 11.7 Å². The molecule has 1 aromatic rings. The molecule has 0 bridgehead atoms. The highest BCUT2D eigenvalue weighted by Crippen LogP contribution is 2.09. The first-order valence-electron chi connectivity index (χ1n) is 6.50. The second kappa shape index (κ2) is 6.99. The van der Waals surface area contributed by atoms with Crippen LogP contribution in [0.5, 0.6) is 0 Å². The fourth-order valence-corrected chi connectivity index (χ4v) is 1.70. The molecular weight excluding hydrogens is 226 g/mol. The smallest absolute Gasteiger partial charge is 0.252 e. The first kappa shape index (κ1) is 14.5. The lowest BCUT2D eigenvalue weighted by Crippen LogP contribution is -2.29. The van der Waals surface area contributed by atoms with Crippen LogP contribution >= 0.6 is 0 Å². The molecule has 0 spiro atoms. The molecule has 4 heteroatoms. The molecule has 1 rings (SSSR count). The van der Waals surface area contributed by atoms with Crippen molar-refractivity contribution < 1.29 is 4.79 Å². The Balaban J connectivity index is 2.56. The predicted octanol–water partition coefficient (Wildman–Crippen LogP) is 2.31. The maximum atomic E-state index is 11.9. The van der Waals surface area contributed by atoms with Gasteiger partial charge in [0.05, 0.1) is 5.56 Å². The van der Waals surface area contributed by atoms with E-state index >= 15 is 0 Å². The summed E-state index contributed by atoms with van der Waals surface area (Å²) in [7, 11) is 3.85. The van der Waals surface area contributed by atoms with Gasteiger partial charge >= 0.3 is 0 Å². The summed E-state index contributed by atoms with van der Waals surface area (Å²) in [4.78, 5) is 18.0. The molecule has 0 saturated heterocycles. The minimum Gasteiger partial charge on any atom is -0.363 e. The molecule has 0 saturated carbocycles. The number of carbonyl (C=O) groups is 1. The van der Waals surface area contributed by atoms with Gasteiger partial charge in [0.2, 0.25) is 0 Å². The highest BCUT2D eigenvalue weighted by atomic mass is 16.1. The average molecular weight is 249 g/mol. The van der Waals surface area contributed by atoms with E-state index in [9.17, 15) is 4.79 Å². The van der Waals surface area contributed by atoms with Crippen molar-refractivity contribution in [2.45, 2.75) is 26.7 Å². The first-order valence-corrected chi connectivity index (χ1v) is 6.50. The Kier molecular flexibility index (Phi) is 5.62. The van der Waals surface area contributed by atoms with Gasteiger partial charge in [-0.2, -0.15) is 0 Å². The highest BCUT2D eigenvalue weighted by molar-refractivity contribution is 5.94. The maximum absolute atomic E-state index is 11.9. The Morgan fingerprint density at radius 1 is 1.33 bits per heavy atom. The SMILES string of the molecule is CCC(CC)CNC(=O)c1ccc(N(C)C)nc1. The zero-order chi connectivity index (χ0) is 13.5. The van der Waals surface area contributed by atoms with E-state index < -0.39 is 0 Å². The van der Waals surface area contributed by atoms with Crippen LogP contribution < -0.4 is 10.2 Å². The minimum atomic E-state index is -0.0419. The van der Waals surface area contributed by atoms with Crippen LogP contribution in [0.25, 0.3) is 0 Å². The van der Waals surface area contributed by atoms with Crippen LogP contribution in [0.4, 0.5) is 5.82 Å². The van der Waals surface area contributed by atoms with Gasteiger partial charge in [0.15, 0.2) is 0 Å². The van der Waals surface area contributed by atoms with Crippen molar-refractivity contribution in [1.29, 1.82) is 0 Å². The van der Waals surface area contributed by atoms with Gasteiger partial charge in [0, 0.05) is 26.8 Å². The van der Waals surface area contributed by atoms with E-state index in [-0.39, 0.29) is 5.91 Å². The number of anilines is 1. The van der Waals surface area contributed by atoms with Crippen molar-refractivity contribution in [3.05, 3.63) is 23.9 Å². The van der Waals surface area contributed by atoms with Gasteiger partial charge < -0.3 is 10.2 Å². The molecule has 0 aliphatic heterocycles. The summed E-state index contributed by atoms with van der Waals surface area (Å²) >= 11 is 0. The van der Waals surface area contributed by atoms with E-state index in [0.717, 1.165) is 25.2 Å². The zero-order valence-electron chi connectivity index (χ0n) is 11.7. The topological polar surface area (TPSA) is 45.2 Å². The third-order valence-corrected chi connectivity index (χ3v) is 3.17. The van der Waals surface area contributed by atoms with E-state index in [1.54, 1.807) is 6.20 Å². The summed E-state index contributed by atoms with van der Waals surface area (Å²) in [5.74, 6) is 1.37. The number of nitrogens with one attached hydrogen (secondary N) is 1. The molecular formula is C14H23N3O. The molecule has 1 amide bonds. The number of carbonyl (C=O) groups excluding carboxylic acids is 1. The molecule has 0 unspecified atom stereocenters. The summed E-state index contributed by atoms with van der Waals surface area (Å²) < 4.78 is 0. The number of hydrogen-bond acceptors (Lipinski definition) is 3. The van der Waals surface area contributed by atoms with Crippen molar-refractivity contribution in [1.82, 2.24) is 10.3 Å². The lowest BCUT2D eigenvalue weighted by atomic mass is 10.0. The van der Waals surface area contributed by atoms with Crippen molar-refractivity contribution in [3.63, 3.8) is 0 Å². The second-order valence-corrected chi connectivity index (χ2v) is 4.69. The van der Waals surface area contributed by atoms with E-state index in [1.165, 1.54) is 0 Å². The molecule has 0 fully saturated rings. The monoisotopic (exact) mass is 249 g/mol. The molecule has 100 valence electrons. The van der Waals surface area contributed by atoms with Crippen LogP contribution in [-0.4, -0.2) is 31.5 Å². The number of hydrogen-bond donors (Lipinski definition) is 1. The maximum Gasteiger partial charge on any atom is 0.252 e. The van der Waals surface area contributed by atoms with Gasteiger partial charge in [-0.25, -0.2) is 4.98 Å². The summed E-state index contributed by atoms with van der Waals surface area (Å²) in [6.45, 7) is 5.03. The molecule has 0 aromatic carbocycles. The summed E-state index contributed by atoms with van der Waals surface area (Å²) in [6, 6.07) is 3.66. The van der Waals surface area contributed by atoms with E-state index in [2.05, 4.69) is 24.1 Å². The third-order valence-electron chi connectivity index (χ3n) is 3.17. The number of nitrogens with zero attached hydrogens (tertiary/aromatic N) is 2. The molecule has 1 aromatic heterocycles. The minimum absolute atomic E-state index is 0.0419. The predicted molar refractivity (Wildman–Crippen MR) is 75.0 cm³/mol. The fourth-order valence-electron chi connectivity index (χ4n) is 1.70. The average Bonchev–Trinajstić information content (AvgIpc) is 2.39. The molecule has 4 nitrogen and oxygen atoms in total. The summed E-state index contributed by atoms with van der Waals surface area (Å²) in [6.07, 6.45) is 3.81. The standard InChI is InChI=1S/C14H23N3O/c1-5-11(6-2)9-16-14(18)12-7-8-13(15-10-12)17(3)4/h7-8,10-11H,5-6,9H2,1-4H3,(H,16,18). The number of aromatic nitrogens is 1. The largest absolute Gasteiger partial charge is 0.363 e. The zero-order valence-corrected chi connectivity index (χ0v) is 11.7. The van der Waals surface area contributed by atoms with Crippen LogP contribution in [-0.2, 0) is 0 Å². The van der Waals surface area contributed by atoms with Gasteiger partial charge in [0.1, 0.15) is 5.82 Å². The molecule has 18 heavy (non-hydrogen) atoms. The summed E-state index contributed by atoms with van der Waals surface area (Å²) in [5, 5.41) is 2.96. The molecule has 0 aliphatic carbocycles. The molecule has 0 atom stereocenters. The van der Waals surface area contributed by atoms with Crippen molar-refractivity contribution in [2.24, 2.45) is 5.92 Å².